The number of urea groups is 1. The highest BCUT2D eigenvalue weighted by molar-refractivity contribution is 5.79. The lowest BCUT2D eigenvalue weighted by molar-refractivity contribution is -0.148. The van der Waals surface area contributed by atoms with E-state index in [9.17, 15) is 14.7 Å². The van der Waals surface area contributed by atoms with Crippen LogP contribution in [0.1, 0.15) is 52.4 Å². The number of likely N-dealkylation sites (tertiary alicyclic amines) is 1. The van der Waals surface area contributed by atoms with Gasteiger partial charge in [0.2, 0.25) is 0 Å². The van der Waals surface area contributed by atoms with E-state index < -0.39 is 11.4 Å². The average molecular weight is 296 g/mol. The standard InChI is InChI=1S/C16H28N2O3/c1-3-16(14(19)20)7-8-18(11-16)15(21)17-10-13-6-4-5-12(2)9-13/h12-13H,3-11H2,1-2H3,(H,17,21)(H,19,20). The van der Waals surface area contributed by atoms with Crippen LogP contribution in [0.2, 0.25) is 0 Å². The summed E-state index contributed by atoms with van der Waals surface area (Å²) in [5.74, 6) is 0.560. The summed E-state index contributed by atoms with van der Waals surface area (Å²) < 4.78 is 0. The second kappa shape index (κ2) is 6.67. The molecule has 0 spiro atoms. The fourth-order valence-corrected chi connectivity index (χ4v) is 3.75. The lowest BCUT2D eigenvalue weighted by Gasteiger charge is -2.28. The van der Waals surface area contributed by atoms with Gasteiger partial charge in [0.25, 0.3) is 0 Å². The third-order valence-electron chi connectivity index (χ3n) is 5.36. The fraction of sp³-hybridized carbons (Fsp3) is 0.875. The average Bonchev–Trinajstić information content (AvgIpc) is 2.91. The second-order valence-electron chi connectivity index (χ2n) is 6.93. The molecule has 0 aromatic carbocycles. The van der Waals surface area contributed by atoms with Gasteiger partial charge in [-0.25, -0.2) is 4.79 Å². The normalized spacial score (nSPS) is 33.0. The van der Waals surface area contributed by atoms with Gasteiger partial charge in [-0.3, -0.25) is 4.79 Å². The molecule has 5 nitrogen and oxygen atoms in total. The molecular formula is C16H28N2O3. The Labute approximate surface area is 127 Å². The number of hydrogen-bond acceptors (Lipinski definition) is 2. The minimum Gasteiger partial charge on any atom is -0.481 e. The molecule has 21 heavy (non-hydrogen) atoms. The summed E-state index contributed by atoms with van der Waals surface area (Å²) in [5.41, 5.74) is -0.739. The van der Waals surface area contributed by atoms with Gasteiger partial charge < -0.3 is 15.3 Å². The Morgan fingerprint density at radius 1 is 1.38 bits per heavy atom. The second-order valence-corrected chi connectivity index (χ2v) is 6.93. The number of nitrogens with zero attached hydrogens (tertiary/aromatic N) is 1. The maximum atomic E-state index is 12.2. The number of carbonyl (C=O) groups excluding carboxylic acids is 1. The molecule has 1 aliphatic carbocycles. The van der Waals surface area contributed by atoms with E-state index in [1.54, 1.807) is 4.90 Å². The zero-order valence-corrected chi connectivity index (χ0v) is 13.2. The van der Waals surface area contributed by atoms with Crippen LogP contribution in [0.15, 0.2) is 0 Å². The molecule has 1 aliphatic heterocycles. The van der Waals surface area contributed by atoms with E-state index in [1.807, 2.05) is 6.92 Å². The molecule has 0 radical (unpaired) electrons. The van der Waals surface area contributed by atoms with Crippen molar-refractivity contribution < 1.29 is 14.7 Å². The molecule has 1 saturated carbocycles. The fourth-order valence-electron chi connectivity index (χ4n) is 3.75. The first-order valence-corrected chi connectivity index (χ1v) is 8.23. The van der Waals surface area contributed by atoms with Gasteiger partial charge in [0.05, 0.1) is 5.41 Å². The number of carbonyl (C=O) groups is 2. The molecule has 2 aliphatic rings. The van der Waals surface area contributed by atoms with Gasteiger partial charge >= 0.3 is 12.0 Å². The Morgan fingerprint density at radius 3 is 2.71 bits per heavy atom. The van der Waals surface area contributed by atoms with Crippen LogP contribution in [-0.4, -0.2) is 41.6 Å². The summed E-state index contributed by atoms with van der Waals surface area (Å²) >= 11 is 0. The summed E-state index contributed by atoms with van der Waals surface area (Å²) in [6, 6.07) is -0.0928. The molecule has 2 N–H and O–H groups in total. The molecule has 2 fully saturated rings. The molecule has 3 unspecified atom stereocenters. The highest BCUT2D eigenvalue weighted by Gasteiger charge is 2.44. The van der Waals surface area contributed by atoms with Crippen LogP contribution < -0.4 is 5.32 Å². The zero-order valence-electron chi connectivity index (χ0n) is 13.2. The van der Waals surface area contributed by atoms with E-state index in [-0.39, 0.29) is 6.03 Å². The summed E-state index contributed by atoms with van der Waals surface area (Å²) in [6.45, 7) is 5.78. The molecule has 3 atom stereocenters. The van der Waals surface area contributed by atoms with Gasteiger partial charge in [0.1, 0.15) is 0 Å². The molecular weight excluding hydrogens is 268 g/mol. The van der Waals surface area contributed by atoms with E-state index in [0.29, 0.717) is 31.8 Å². The Bertz CT molecular complexity index is 399. The minimum absolute atomic E-state index is 0.0928. The van der Waals surface area contributed by atoms with Crippen molar-refractivity contribution in [1.82, 2.24) is 10.2 Å². The maximum Gasteiger partial charge on any atom is 0.317 e. The van der Waals surface area contributed by atoms with Gasteiger partial charge in [0, 0.05) is 19.6 Å². The van der Waals surface area contributed by atoms with Gasteiger partial charge in [-0.2, -0.15) is 0 Å². The monoisotopic (exact) mass is 296 g/mol. The third-order valence-corrected chi connectivity index (χ3v) is 5.36. The van der Waals surface area contributed by atoms with Crippen molar-refractivity contribution in [2.45, 2.75) is 52.4 Å². The Morgan fingerprint density at radius 2 is 2.14 bits per heavy atom. The number of rotatable bonds is 4. The van der Waals surface area contributed by atoms with E-state index in [2.05, 4.69) is 12.2 Å². The molecule has 0 aromatic rings. The highest BCUT2D eigenvalue weighted by Crippen LogP contribution is 2.34. The van der Waals surface area contributed by atoms with Crippen molar-refractivity contribution >= 4 is 12.0 Å². The van der Waals surface area contributed by atoms with Crippen molar-refractivity contribution in [3.63, 3.8) is 0 Å². The third kappa shape index (κ3) is 3.69. The van der Waals surface area contributed by atoms with Gasteiger partial charge in [0.15, 0.2) is 0 Å². The lowest BCUT2D eigenvalue weighted by atomic mass is 9.82. The number of hydrogen-bond donors (Lipinski definition) is 2. The van der Waals surface area contributed by atoms with Crippen LogP contribution in [-0.2, 0) is 4.79 Å². The Kier molecular flexibility index (Phi) is 5.12. The predicted octanol–water partition coefficient (Wildman–Crippen LogP) is 2.71. The molecule has 0 aromatic heterocycles. The Balaban J connectivity index is 1.80. The molecule has 2 rings (SSSR count). The summed E-state index contributed by atoms with van der Waals surface area (Å²) in [5, 5.41) is 12.4. The lowest BCUT2D eigenvalue weighted by Crippen LogP contribution is -2.43. The van der Waals surface area contributed by atoms with E-state index in [4.69, 9.17) is 0 Å². The van der Waals surface area contributed by atoms with Crippen LogP contribution in [0.4, 0.5) is 4.79 Å². The molecule has 1 saturated heterocycles. The van der Waals surface area contributed by atoms with Gasteiger partial charge in [-0.15, -0.1) is 0 Å². The van der Waals surface area contributed by atoms with Crippen LogP contribution in [0, 0.1) is 17.3 Å². The zero-order chi connectivity index (χ0) is 15.5. The van der Waals surface area contributed by atoms with Gasteiger partial charge in [-0.05, 0) is 37.5 Å². The molecule has 0 bridgehead atoms. The smallest absolute Gasteiger partial charge is 0.317 e. The molecule has 2 amide bonds. The van der Waals surface area contributed by atoms with Crippen LogP contribution in [0.25, 0.3) is 0 Å². The molecule has 1 heterocycles. The number of amides is 2. The predicted molar refractivity (Wildman–Crippen MR) is 81.1 cm³/mol. The summed E-state index contributed by atoms with van der Waals surface area (Å²) in [4.78, 5) is 25.3. The van der Waals surface area contributed by atoms with Crippen molar-refractivity contribution in [1.29, 1.82) is 0 Å². The van der Waals surface area contributed by atoms with E-state index >= 15 is 0 Å². The maximum absolute atomic E-state index is 12.2. The van der Waals surface area contributed by atoms with Crippen molar-refractivity contribution in [2.75, 3.05) is 19.6 Å². The van der Waals surface area contributed by atoms with Crippen molar-refractivity contribution in [2.24, 2.45) is 17.3 Å². The highest BCUT2D eigenvalue weighted by atomic mass is 16.4. The molecule has 5 heteroatoms. The number of carboxylic acids is 1. The minimum atomic E-state index is -0.776. The first-order chi connectivity index (χ1) is 9.97. The van der Waals surface area contributed by atoms with Crippen LogP contribution in [0.5, 0.6) is 0 Å². The van der Waals surface area contributed by atoms with Crippen molar-refractivity contribution in [3.05, 3.63) is 0 Å². The van der Waals surface area contributed by atoms with Gasteiger partial charge in [-0.1, -0.05) is 26.7 Å². The quantitative estimate of drug-likeness (QED) is 0.838. The van der Waals surface area contributed by atoms with Crippen LogP contribution >= 0.6 is 0 Å². The number of carboxylic acid groups (broad SMARTS) is 1. The van der Waals surface area contributed by atoms with Crippen molar-refractivity contribution in [3.8, 4) is 0 Å². The van der Waals surface area contributed by atoms with E-state index in [1.165, 1.54) is 25.7 Å². The Hall–Kier alpha value is -1.26. The SMILES string of the molecule is CCC1(C(=O)O)CCN(C(=O)NCC2CCCC(C)C2)C1. The summed E-state index contributed by atoms with van der Waals surface area (Å²) in [7, 11) is 0. The van der Waals surface area contributed by atoms with Crippen LogP contribution in [0.3, 0.4) is 0 Å². The number of nitrogens with one attached hydrogen (secondary N) is 1. The first kappa shape index (κ1) is 16.1. The largest absolute Gasteiger partial charge is 0.481 e. The topological polar surface area (TPSA) is 69.6 Å². The summed E-state index contributed by atoms with van der Waals surface area (Å²) in [6.07, 6.45) is 6.07. The number of aliphatic carboxylic acids is 1. The molecule has 120 valence electrons. The first-order valence-electron chi connectivity index (χ1n) is 8.23. The van der Waals surface area contributed by atoms with E-state index in [0.717, 1.165) is 12.5 Å².